The van der Waals surface area contributed by atoms with E-state index in [1.54, 1.807) is 0 Å². The number of carbonyl (C=O) groups excluding carboxylic acids is 1. The van der Waals surface area contributed by atoms with Gasteiger partial charge in [0.25, 0.3) is 0 Å². The predicted molar refractivity (Wildman–Crippen MR) is 94.7 cm³/mol. The van der Waals surface area contributed by atoms with Crippen molar-refractivity contribution >= 4 is 5.91 Å². The minimum absolute atomic E-state index is 0.0325. The fourth-order valence-electron chi connectivity index (χ4n) is 3.63. The molecule has 2 saturated heterocycles. The van der Waals surface area contributed by atoms with Crippen LogP contribution in [0.15, 0.2) is 30.3 Å². The highest BCUT2D eigenvalue weighted by atomic mass is 16.5. The van der Waals surface area contributed by atoms with Crippen molar-refractivity contribution in [3.8, 4) is 0 Å². The van der Waals surface area contributed by atoms with E-state index in [1.165, 1.54) is 5.56 Å². The van der Waals surface area contributed by atoms with Crippen LogP contribution >= 0.6 is 0 Å². The molecule has 5 heteroatoms. The first-order valence-corrected chi connectivity index (χ1v) is 9.00. The molecular weight excluding hydrogens is 302 g/mol. The van der Waals surface area contributed by atoms with Gasteiger partial charge in [-0.25, -0.2) is 0 Å². The molecule has 0 radical (unpaired) electrons. The Morgan fingerprint density at radius 2 is 2.04 bits per heavy atom. The quantitative estimate of drug-likeness (QED) is 0.790. The van der Waals surface area contributed by atoms with Crippen LogP contribution in [0.5, 0.6) is 0 Å². The van der Waals surface area contributed by atoms with Crippen LogP contribution in [0.4, 0.5) is 0 Å². The Hall–Kier alpha value is -1.43. The van der Waals surface area contributed by atoms with Crippen LogP contribution < -0.4 is 0 Å². The normalized spacial score (nSPS) is 25.6. The summed E-state index contributed by atoms with van der Waals surface area (Å²) in [4.78, 5) is 19.4. The zero-order chi connectivity index (χ0) is 16.9. The van der Waals surface area contributed by atoms with Crippen molar-refractivity contribution in [1.29, 1.82) is 0 Å². The molecule has 2 aliphatic rings. The topological polar surface area (TPSA) is 36.0 Å². The predicted octanol–water partition coefficient (Wildman–Crippen LogP) is 1.44. The van der Waals surface area contributed by atoms with Gasteiger partial charge in [0, 0.05) is 38.8 Å². The first-order chi connectivity index (χ1) is 11.6. The van der Waals surface area contributed by atoms with Gasteiger partial charge in [-0.3, -0.25) is 14.6 Å². The highest BCUT2D eigenvalue weighted by Crippen LogP contribution is 2.19. The van der Waals surface area contributed by atoms with Crippen molar-refractivity contribution in [2.24, 2.45) is 0 Å². The summed E-state index contributed by atoms with van der Waals surface area (Å²) in [5, 5.41) is 0. The van der Waals surface area contributed by atoms with Crippen LogP contribution in [0, 0.1) is 0 Å². The Balaban J connectivity index is 1.49. The maximum absolute atomic E-state index is 12.7. The number of nitrogens with zero attached hydrogens (tertiary/aromatic N) is 3. The van der Waals surface area contributed by atoms with Crippen LogP contribution in [-0.2, 0) is 16.1 Å². The second-order valence-corrected chi connectivity index (χ2v) is 6.99. The number of benzene rings is 1. The summed E-state index contributed by atoms with van der Waals surface area (Å²) in [5.74, 6) is 0.274. The first-order valence-electron chi connectivity index (χ1n) is 9.00. The average Bonchev–Trinajstić information content (AvgIpc) is 2.96. The molecule has 0 bridgehead atoms. The van der Waals surface area contributed by atoms with Gasteiger partial charge in [0.15, 0.2) is 0 Å². The third-order valence-corrected chi connectivity index (χ3v) is 5.26. The lowest BCUT2D eigenvalue weighted by molar-refractivity contribution is -0.132. The van der Waals surface area contributed by atoms with E-state index in [1.807, 2.05) is 23.1 Å². The summed E-state index contributed by atoms with van der Waals surface area (Å²) >= 11 is 0. The Kier molecular flexibility index (Phi) is 5.87. The average molecular weight is 331 g/mol. The van der Waals surface area contributed by atoms with Gasteiger partial charge in [0.1, 0.15) is 0 Å². The number of morpholine rings is 1. The number of likely N-dealkylation sites (N-methyl/N-ethyl adjacent to an activating group) is 1. The van der Waals surface area contributed by atoms with E-state index in [0.717, 1.165) is 52.4 Å². The summed E-state index contributed by atoms with van der Waals surface area (Å²) in [6.07, 6.45) is 0.931. The summed E-state index contributed by atoms with van der Waals surface area (Å²) in [5.41, 5.74) is 1.20. The number of rotatable bonds is 6. The SMILES string of the molecule is C[C@@H]1COCCN1CCN(C)[C@H]1CCN(Cc2ccccc2)C1=O. The van der Waals surface area contributed by atoms with Crippen LogP contribution in [-0.4, -0.2) is 79.1 Å². The molecule has 0 aliphatic carbocycles. The van der Waals surface area contributed by atoms with E-state index < -0.39 is 0 Å². The van der Waals surface area contributed by atoms with Crippen molar-refractivity contribution < 1.29 is 9.53 Å². The largest absolute Gasteiger partial charge is 0.379 e. The molecule has 1 aromatic carbocycles. The summed E-state index contributed by atoms with van der Waals surface area (Å²) in [6, 6.07) is 10.8. The number of hydrogen-bond donors (Lipinski definition) is 0. The minimum Gasteiger partial charge on any atom is -0.379 e. The van der Waals surface area contributed by atoms with E-state index in [9.17, 15) is 4.79 Å². The second-order valence-electron chi connectivity index (χ2n) is 6.99. The maximum Gasteiger partial charge on any atom is 0.240 e. The summed E-state index contributed by atoms with van der Waals surface area (Å²) in [7, 11) is 2.08. The lowest BCUT2D eigenvalue weighted by Crippen LogP contribution is -2.48. The van der Waals surface area contributed by atoms with Gasteiger partial charge in [-0.15, -0.1) is 0 Å². The molecule has 2 fully saturated rings. The monoisotopic (exact) mass is 331 g/mol. The molecular formula is C19H29N3O2. The standard InChI is InChI=1S/C19H29N3O2/c1-16-15-24-13-12-21(16)11-10-20(2)18-8-9-22(19(18)23)14-17-6-4-3-5-7-17/h3-7,16,18H,8-15H2,1-2H3/t16-,18+/m1/s1. The number of likely N-dealkylation sites (tertiary alicyclic amines) is 1. The van der Waals surface area contributed by atoms with Gasteiger partial charge in [-0.1, -0.05) is 30.3 Å². The molecule has 0 saturated carbocycles. The van der Waals surface area contributed by atoms with Crippen molar-refractivity contribution in [2.75, 3.05) is 46.4 Å². The zero-order valence-corrected chi connectivity index (χ0v) is 14.9. The molecule has 0 aromatic heterocycles. The highest BCUT2D eigenvalue weighted by molar-refractivity contribution is 5.83. The Morgan fingerprint density at radius 1 is 1.25 bits per heavy atom. The van der Waals surface area contributed by atoms with E-state index in [-0.39, 0.29) is 11.9 Å². The third-order valence-electron chi connectivity index (χ3n) is 5.26. The molecule has 5 nitrogen and oxygen atoms in total. The molecule has 24 heavy (non-hydrogen) atoms. The maximum atomic E-state index is 12.7. The number of ether oxygens (including phenoxy) is 1. The minimum atomic E-state index is 0.0325. The van der Waals surface area contributed by atoms with Gasteiger partial charge in [0.05, 0.1) is 19.3 Å². The lowest BCUT2D eigenvalue weighted by atomic mass is 10.2. The van der Waals surface area contributed by atoms with Gasteiger partial charge < -0.3 is 9.64 Å². The van der Waals surface area contributed by atoms with E-state index in [2.05, 4.69) is 35.9 Å². The fourth-order valence-corrected chi connectivity index (χ4v) is 3.63. The third kappa shape index (κ3) is 4.15. The van der Waals surface area contributed by atoms with Gasteiger partial charge in [-0.05, 0) is 26.0 Å². The van der Waals surface area contributed by atoms with E-state index in [4.69, 9.17) is 4.74 Å². The van der Waals surface area contributed by atoms with Crippen LogP contribution in [0.25, 0.3) is 0 Å². The van der Waals surface area contributed by atoms with Gasteiger partial charge >= 0.3 is 0 Å². The van der Waals surface area contributed by atoms with Crippen molar-refractivity contribution in [1.82, 2.24) is 14.7 Å². The van der Waals surface area contributed by atoms with Crippen LogP contribution in [0.3, 0.4) is 0 Å². The molecule has 2 aliphatic heterocycles. The Morgan fingerprint density at radius 3 is 2.79 bits per heavy atom. The zero-order valence-electron chi connectivity index (χ0n) is 14.9. The summed E-state index contributed by atoms with van der Waals surface area (Å²) in [6.45, 7) is 8.36. The molecule has 2 atom stereocenters. The molecule has 132 valence electrons. The number of carbonyl (C=O) groups is 1. The lowest BCUT2D eigenvalue weighted by Gasteiger charge is -2.35. The van der Waals surface area contributed by atoms with Gasteiger partial charge in [-0.2, -0.15) is 0 Å². The molecule has 1 aromatic rings. The molecule has 0 spiro atoms. The molecule has 0 unspecified atom stereocenters. The van der Waals surface area contributed by atoms with Crippen molar-refractivity contribution in [2.45, 2.75) is 32.0 Å². The highest BCUT2D eigenvalue weighted by Gasteiger charge is 2.34. The fraction of sp³-hybridized carbons (Fsp3) is 0.632. The van der Waals surface area contributed by atoms with E-state index in [0.29, 0.717) is 6.04 Å². The smallest absolute Gasteiger partial charge is 0.240 e. The molecule has 1 amide bonds. The Labute approximate surface area is 145 Å². The second kappa shape index (κ2) is 8.10. The van der Waals surface area contributed by atoms with Gasteiger partial charge in [0.2, 0.25) is 5.91 Å². The number of hydrogen-bond acceptors (Lipinski definition) is 4. The first kappa shape index (κ1) is 17.4. The summed E-state index contributed by atoms with van der Waals surface area (Å²) < 4.78 is 5.49. The van der Waals surface area contributed by atoms with Crippen molar-refractivity contribution in [3.63, 3.8) is 0 Å². The molecule has 2 heterocycles. The molecule has 0 N–H and O–H groups in total. The Bertz CT molecular complexity index is 537. The van der Waals surface area contributed by atoms with Crippen LogP contribution in [0.2, 0.25) is 0 Å². The van der Waals surface area contributed by atoms with Crippen molar-refractivity contribution in [3.05, 3.63) is 35.9 Å². The van der Waals surface area contributed by atoms with E-state index >= 15 is 0 Å². The number of amides is 1. The molecule has 3 rings (SSSR count). The van der Waals surface area contributed by atoms with Crippen LogP contribution in [0.1, 0.15) is 18.9 Å².